The van der Waals surface area contributed by atoms with Gasteiger partial charge in [-0.2, -0.15) is 0 Å². The molecule has 0 amide bonds. The van der Waals surface area contributed by atoms with Gasteiger partial charge in [0.25, 0.3) is 0 Å². The summed E-state index contributed by atoms with van der Waals surface area (Å²) in [6, 6.07) is 0. The first-order valence-corrected chi connectivity index (χ1v) is 17.7. The Bertz CT molecular complexity index is 332. The maximum absolute atomic E-state index is 8.62. The molecule has 0 saturated carbocycles. The summed E-state index contributed by atoms with van der Waals surface area (Å²) < 4.78 is 128. The summed E-state index contributed by atoms with van der Waals surface area (Å²) in [5.74, 6) is 0. The van der Waals surface area contributed by atoms with Crippen molar-refractivity contribution in [3.8, 4) is 0 Å². The molecule has 120 valence electrons. The Morgan fingerprint density at radius 3 is 0.542 bits per heavy atom. The first-order valence-electron chi connectivity index (χ1n) is 3.06. The molecule has 0 unspecified atom stereocenters. The molecule has 0 aliphatic rings. The Morgan fingerprint density at radius 2 is 0.542 bits per heavy atom. The van der Waals surface area contributed by atoms with Crippen LogP contribution in [0.1, 0.15) is 0 Å². The Hall–Kier alpha value is 4.57. The van der Waals surface area contributed by atoms with E-state index in [0.29, 0.717) is 0 Å². The van der Waals surface area contributed by atoms with Crippen molar-refractivity contribution in [1.82, 2.24) is 0 Å². The third-order valence-electron chi connectivity index (χ3n) is 0. The van der Waals surface area contributed by atoms with Gasteiger partial charge in [-0.3, -0.25) is 0 Å². The van der Waals surface area contributed by atoms with E-state index < -0.39 is 103 Å². The molecule has 0 fully saturated rings. The van der Waals surface area contributed by atoms with Crippen LogP contribution in [0.2, 0.25) is 0 Å². The van der Waals surface area contributed by atoms with E-state index in [9.17, 15) is 0 Å². The number of rotatable bonds is 0. The summed E-state index contributed by atoms with van der Waals surface area (Å²) in [7, 11) is 0. The molecule has 0 bridgehead atoms. The van der Waals surface area contributed by atoms with Crippen molar-refractivity contribution in [3.63, 3.8) is 0 Å². The van der Waals surface area contributed by atoms with Crippen LogP contribution in [0.4, 0.5) is 0 Å². The molecule has 0 aromatic heterocycles. The van der Waals surface area contributed by atoms with Crippen molar-refractivity contribution in [3.05, 3.63) is 0 Å². The van der Waals surface area contributed by atoms with E-state index in [0.717, 1.165) is 0 Å². The predicted octanol–water partition coefficient (Wildman–Crippen LogP) is -12.7. The van der Waals surface area contributed by atoms with Crippen molar-refractivity contribution in [1.29, 1.82) is 0 Å². The minimum absolute atomic E-state index is 0. The van der Waals surface area contributed by atoms with Crippen molar-refractivity contribution in [2.45, 2.75) is 0 Å². The van der Waals surface area contributed by atoms with Crippen LogP contribution in [-0.2, 0) is 87.3 Å². The Kier molecular flexibility index (Phi) is 167. The van der Waals surface area contributed by atoms with E-state index in [1.54, 1.807) is 0 Å². The second-order valence-corrected chi connectivity index (χ2v) is 6.36. The van der Waals surface area contributed by atoms with Gasteiger partial charge in [0.1, 0.15) is 0 Å². The van der Waals surface area contributed by atoms with Gasteiger partial charge >= 0.3 is 257 Å². The normalized spacial score (nSPS) is 4.12. The van der Waals surface area contributed by atoms with Crippen molar-refractivity contribution in [2.24, 2.45) is 0 Å². The van der Waals surface area contributed by atoms with Gasteiger partial charge in [0.2, 0.25) is 0 Å². The molecule has 24 heavy (non-hydrogen) atoms. The van der Waals surface area contributed by atoms with E-state index in [2.05, 4.69) is 0 Å². The van der Waals surface area contributed by atoms with Gasteiger partial charge in [-0.15, -0.1) is 0 Å². The van der Waals surface area contributed by atoms with Crippen LogP contribution in [0.3, 0.4) is 0 Å². The predicted molar refractivity (Wildman–Crippen MR) is 29.2 cm³/mol. The Labute approximate surface area is 251 Å². The molecule has 0 saturated heterocycles. The van der Waals surface area contributed by atoms with Crippen molar-refractivity contribution < 1.29 is 165 Å². The van der Waals surface area contributed by atoms with Gasteiger partial charge in [0.05, 0.1) is 0 Å². The first-order chi connectivity index (χ1) is 9.44. The van der Waals surface area contributed by atoms with Gasteiger partial charge < -0.3 is 0 Å². The largest absolute Gasteiger partial charge is 2.00 e. The first kappa shape index (κ1) is 56.7. The molecule has 0 aromatic rings. The summed E-state index contributed by atoms with van der Waals surface area (Å²) in [5, 5.41) is 0. The fourth-order valence-electron chi connectivity index (χ4n) is 0. The van der Waals surface area contributed by atoms with E-state index in [-0.39, 0.29) is 99.9 Å². The SMILES string of the molecule is [La+3].[Li+].[O]=[Al][O-].[O]=[Al][O-].[O]=[Al][O-].[O]=[Ta](=[O])[O-].[O]=[Ta](=[O])[O-].[O]=[Ta](=[O])[O-].[Sr+2]. The van der Waals surface area contributed by atoms with Gasteiger partial charge in [0, 0.05) is 0 Å². The summed E-state index contributed by atoms with van der Waals surface area (Å²) in [6.07, 6.45) is 0. The minimum atomic E-state index is -4.34. The number of hydrogen-bond donors (Lipinski definition) is 0. The Balaban J connectivity index is -0.0000000158. The van der Waals surface area contributed by atoms with Crippen LogP contribution in [0, 0.1) is 35.6 Å². The van der Waals surface area contributed by atoms with Crippen LogP contribution in [-0.4, -0.2) is 91.9 Å². The fourth-order valence-corrected chi connectivity index (χ4v) is 0. The van der Waals surface area contributed by atoms with E-state index in [4.69, 9.17) is 54.2 Å². The molecule has 0 rings (SSSR count). The molecule has 15 nitrogen and oxygen atoms in total. The molecular weight excluding hydrogens is 1100 g/mol. The van der Waals surface area contributed by atoms with Gasteiger partial charge in [-0.1, -0.05) is 0 Å². The molecule has 0 radical (unpaired) electrons. The zero-order valence-electron chi connectivity index (χ0n) is 11.5. The van der Waals surface area contributed by atoms with Crippen LogP contribution in [0.5, 0.6) is 0 Å². The standard InChI is InChI=1S/3Al.La.Li.15O.Sr.3Ta/q;;;+3;+1;;;;;;;;;;6*-1;+2;;;. The molecule has 24 heteroatoms. The van der Waals surface area contributed by atoms with Crippen LogP contribution in [0.15, 0.2) is 0 Å². The third kappa shape index (κ3) is 832. The van der Waals surface area contributed by atoms with Gasteiger partial charge in [0.15, 0.2) is 0 Å². The average molecular weight is 1100 g/mol. The summed E-state index contributed by atoms with van der Waals surface area (Å²) in [6.45, 7) is 0. The zero-order valence-corrected chi connectivity index (χ0v) is 31.7. The molecule has 0 aromatic carbocycles. The molecular formula is Al3LaLiO15SrTa3. The summed E-state index contributed by atoms with van der Waals surface area (Å²) >= 11 is -18.3. The van der Waals surface area contributed by atoms with Gasteiger partial charge in [-0.25, -0.2) is 0 Å². The van der Waals surface area contributed by atoms with E-state index >= 15 is 0 Å². The second-order valence-electron chi connectivity index (χ2n) is 0.959. The molecule has 0 N–H and O–H groups in total. The monoisotopic (exact) mass is 1100 g/mol. The minimum Gasteiger partial charge on any atom is 2.00 e. The average Bonchev–Trinajstić information content (AvgIpc) is 2.16. The second kappa shape index (κ2) is 70.9. The topological polar surface area (TPSA) is 292 Å². The zero-order chi connectivity index (χ0) is 18.9. The molecule has 0 aliphatic carbocycles. The number of hydrogen-bond acceptors (Lipinski definition) is 15. The Morgan fingerprint density at radius 1 is 0.542 bits per heavy atom. The van der Waals surface area contributed by atoms with Crippen molar-refractivity contribution in [2.75, 3.05) is 0 Å². The molecule has 0 atom stereocenters. The third-order valence-corrected chi connectivity index (χ3v) is 0. The quantitative estimate of drug-likeness (QED) is 0.204. The molecule has 0 spiro atoms. The summed E-state index contributed by atoms with van der Waals surface area (Å²) in [5.41, 5.74) is 0. The fraction of sp³-hybridized carbons (Fsp3) is 0. The van der Waals surface area contributed by atoms with Gasteiger partial charge in [-0.05, 0) is 0 Å². The van der Waals surface area contributed by atoms with Crippen LogP contribution < -0.4 is 42.2 Å². The van der Waals surface area contributed by atoms with E-state index in [1.165, 1.54) is 0 Å². The smallest absolute Gasteiger partial charge is 2.00 e. The summed E-state index contributed by atoms with van der Waals surface area (Å²) in [4.78, 5) is 0. The van der Waals surface area contributed by atoms with Crippen molar-refractivity contribution >= 4 is 91.9 Å². The van der Waals surface area contributed by atoms with Crippen LogP contribution in [0.25, 0.3) is 0 Å². The van der Waals surface area contributed by atoms with Crippen LogP contribution >= 0.6 is 0 Å². The van der Waals surface area contributed by atoms with E-state index in [1.807, 2.05) is 0 Å². The maximum atomic E-state index is 8.62. The maximum Gasteiger partial charge on any atom is 2.00 e. The molecule has 0 heterocycles. The molecule has 0 aliphatic heterocycles.